The van der Waals surface area contributed by atoms with Crippen LogP contribution >= 0.6 is 11.3 Å². The Labute approximate surface area is 287 Å². The van der Waals surface area contributed by atoms with Crippen molar-refractivity contribution in [3.63, 3.8) is 0 Å². The van der Waals surface area contributed by atoms with E-state index in [1.165, 1.54) is 58.9 Å². The topological polar surface area (TPSA) is 16.4 Å². The second-order valence-corrected chi connectivity index (χ2v) is 13.5. The number of fused-ring (bicyclic) bond motifs is 7. The molecular formula is C46H29NOS. The number of hydrogen-bond acceptors (Lipinski definition) is 3. The van der Waals surface area contributed by atoms with E-state index in [1.54, 1.807) is 0 Å². The summed E-state index contributed by atoms with van der Waals surface area (Å²) in [5, 5.41) is 7.25. The van der Waals surface area contributed by atoms with Gasteiger partial charge in [0.1, 0.15) is 11.2 Å². The van der Waals surface area contributed by atoms with Gasteiger partial charge in [-0.25, -0.2) is 0 Å². The highest BCUT2D eigenvalue weighted by molar-refractivity contribution is 7.26. The number of benzene rings is 8. The van der Waals surface area contributed by atoms with Crippen molar-refractivity contribution in [1.82, 2.24) is 0 Å². The maximum absolute atomic E-state index is 6.46. The van der Waals surface area contributed by atoms with E-state index in [0.717, 1.165) is 33.3 Å². The molecule has 10 aromatic rings. The molecule has 3 heteroatoms. The first-order valence-corrected chi connectivity index (χ1v) is 17.4. The minimum Gasteiger partial charge on any atom is -0.456 e. The summed E-state index contributed by atoms with van der Waals surface area (Å²) < 4.78 is 8.99. The molecular weight excluding hydrogens is 615 g/mol. The fourth-order valence-electron chi connectivity index (χ4n) is 7.45. The van der Waals surface area contributed by atoms with Crippen LogP contribution < -0.4 is 4.90 Å². The van der Waals surface area contributed by atoms with Gasteiger partial charge in [-0.05, 0) is 63.9 Å². The van der Waals surface area contributed by atoms with Crippen LogP contribution in [-0.2, 0) is 0 Å². The molecule has 49 heavy (non-hydrogen) atoms. The van der Waals surface area contributed by atoms with Gasteiger partial charge in [0.15, 0.2) is 0 Å². The van der Waals surface area contributed by atoms with Crippen LogP contribution in [-0.4, -0.2) is 0 Å². The zero-order valence-corrected chi connectivity index (χ0v) is 27.3. The summed E-state index contributed by atoms with van der Waals surface area (Å²) >= 11 is 1.86. The van der Waals surface area contributed by atoms with Gasteiger partial charge in [0.2, 0.25) is 0 Å². The fraction of sp³-hybridized carbons (Fsp3) is 0. The lowest BCUT2D eigenvalue weighted by Crippen LogP contribution is -2.12. The number of furan rings is 1. The Hall–Kier alpha value is -6.16. The predicted octanol–water partition coefficient (Wildman–Crippen LogP) is 13.9. The molecule has 0 radical (unpaired) electrons. The van der Waals surface area contributed by atoms with Gasteiger partial charge in [0, 0.05) is 32.1 Å². The van der Waals surface area contributed by atoms with Crippen LogP contribution in [0, 0.1) is 0 Å². The molecule has 0 aliphatic heterocycles. The van der Waals surface area contributed by atoms with E-state index in [4.69, 9.17) is 4.42 Å². The van der Waals surface area contributed by atoms with Crippen LogP contribution in [0.1, 0.15) is 0 Å². The van der Waals surface area contributed by atoms with Crippen LogP contribution in [0.2, 0.25) is 0 Å². The maximum atomic E-state index is 6.46. The summed E-state index contributed by atoms with van der Waals surface area (Å²) in [4.78, 5) is 2.47. The first-order chi connectivity index (χ1) is 24.3. The van der Waals surface area contributed by atoms with Gasteiger partial charge in [-0.1, -0.05) is 140 Å². The highest BCUT2D eigenvalue weighted by Crippen LogP contribution is 2.51. The molecule has 0 atom stereocenters. The lowest BCUT2D eigenvalue weighted by atomic mass is 9.97. The highest BCUT2D eigenvalue weighted by atomic mass is 32.1. The molecule has 8 aromatic carbocycles. The number of thiophene rings is 1. The molecule has 0 N–H and O–H groups in total. The molecule has 0 fully saturated rings. The van der Waals surface area contributed by atoms with Crippen LogP contribution in [0.4, 0.5) is 17.1 Å². The minimum absolute atomic E-state index is 0.876. The van der Waals surface area contributed by atoms with Crippen molar-refractivity contribution in [3.05, 3.63) is 176 Å². The van der Waals surface area contributed by atoms with Gasteiger partial charge in [-0.15, -0.1) is 11.3 Å². The Balaban J connectivity index is 1.30. The van der Waals surface area contributed by atoms with Crippen molar-refractivity contribution < 1.29 is 4.42 Å². The van der Waals surface area contributed by atoms with Crippen molar-refractivity contribution in [2.45, 2.75) is 0 Å². The number of hydrogen-bond donors (Lipinski definition) is 0. The summed E-state index contributed by atoms with van der Waals surface area (Å²) in [6, 6.07) is 63.2. The molecule has 0 amide bonds. The molecule has 230 valence electrons. The quantitative estimate of drug-likeness (QED) is 0.186. The average Bonchev–Trinajstić information content (AvgIpc) is 3.75. The summed E-state index contributed by atoms with van der Waals surface area (Å²) in [5.74, 6) is 0. The molecule has 0 unspecified atom stereocenters. The third-order valence-electron chi connectivity index (χ3n) is 9.68. The lowest BCUT2D eigenvalue weighted by molar-refractivity contribution is 0.669. The van der Waals surface area contributed by atoms with E-state index >= 15 is 0 Å². The van der Waals surface area contributed by atoms with Crippen LogP contribution in [0.3, 0.4) is 0 Å². The van der Waals surface area contributed by atoms with Crippen molar-refractivity contribution in [2.75, 3.05) is 4.90 Å². The van der Waals surface area contributed by atoms with E-state index in [9.17, 15) is 0 Å². The van der Waals surface area contributed by atoms with Gasteiger partial charge in [0.25, 0.3) is 0 Å². The van der Waals surface area contributed by atoms with Crippen LogP contribution in [0.25, 0.3) is 75.1 Å². The van der Waals surface area contributed by atoms with Gasteiger partial charge in [-0.2, -0.15) is 0 Å². The number of nitrogens with zero attached hydrogens (tertiary/aromatic N) is 1. The molecule has 2 heterocycles. The third kappa shape index (κ3) is 4.47. The van der Waals surface area contributed by atoms with Crippen LogP contribution in [0.15, 0.2) is 180 Å². The van der Waals surface area contributed by atoms with Gasteiger partial charge in [0.05, 0.1) is 21.5 Å². The molecule has 0 aliphatic rings. The highest BCUT2D eigenvalue weighted by Gasteiger charge is 2.25. The van der Waals surface area contributed by atoms with Crippen molar-refractivity contribution in [2.24, 2.45) is 0 Å². The molecule has 10 rings (SSSR count). The molecule has 2 nitrogen and oxygen atoms in total. The number of para-hydroxylation sites is 1. The predicted molar refractivity (Wildman–Crippen MR) is 210 cm³/mol. The van der Waals surface area contributed by atoms with Crippen molar-refractivity contribution in [3.8, 4) is 22.3 Å². The summed E-state index contributed by atoms with van der Waals surface area (Å²) in [6.45, 7) is 0. The summed E-state index contributed by atoms with van der Waals surface area (Å²) in [5.41, 5.74) is 9.89. The smallest absolute Gasteiger partial charge is 0.137 e. The zero-order valence-electron chi connectivity index (χ0n) is 26.5. The summed E-state index contributed by atoms with van der Waals surface area (Å²) in [6.07, 6.45) is 0. The number of rotatable bonds is 5. The second kappa shape index (κ2) is 11.2. The Kier molecular flexibility index (Phi) is 6.39. The first-order valence-electron chi connectivity index (χ1n) is 16.6. The van der Waals surface area contributed by atoms with Crippen molar-refractivity contribution in [1.29, 1.82) is 0 Å². The molecule has 2 aromatic heterocycles. The van der Waals surface area contributed by atoms with Gasteiger partial charge in [-0.3, -0.25) is 0 Å². The molecule has 0 saturated heterocycles. The fourth-order valence-corrected chi connectivity index (χ4v) is 8.69. The third-order valence-corrected chi connectivity index (χ3v) is 10.9. The molecule has 0 bridgehead atoms. The SMILES string of the molecule is c1ccc(-c2ccc3c(sc4ccccc43)c2N(c2ccc(-c3cccc4ccccc34)cc2)c2cccc3oc4ccccc4c23)cc1. The van der Waals surface area contributed by atoms with E-state index in [-0.39, 0.29) is 0 Å². The Morgan fingerprint density at radius 1 is 0.429 bits per heavy atom. The second-order valence-electron chi connectivity index (χ2n) is 12.5. The van der Waals surface area contributed by atoms with Gasteiger partial charge < -0.3 is 9.32 Å². The standard InChI is InChI=1S/C46H29NOS/c1-2-12-31(13-3-1)36-28-29-38-37-17-7-9-23-43(37)49-46(38)45(36)47(40-20-11-22-42-44(40)39-18-6-8-21-41(39)48-42)33-26-24-32(25-27-33)35-19-10-15-30-14-4-5-16-34(30)35/h1-29H. The Morgan fingerprint density at radius 2 is 1.10 bits per heavy atom. The molecule has 0 saturated carbocycles. The largest absolute Gasteiger partial charge is 0.456 e. The first kappa shape index (κ1) is 27.9. The summed E-state index contributed by atoms with van der Waals surface area (Å²) in [7, 11) is 0. The molecule has 0 aliphatic carbocycles. The maximum Gasteiger partial charge on any atom is 0.137 e. The van der Waals surface area contributed by atoms with Crippen LogP contribution in [0.5, 0.6) is 0 Å². The number of anilines is 3. The van der Waals surface area contributed by atoms with E-state index in [0.29, 0.717) is 0 Å². The van der Waals surface area contributed by atoms with Crippen molar-refractivity contribution >= 4 is 81.3 Å². The minimum atomic E-state index is 0.876. The lowest BCUT2D eigenvalue weighted by Gasteiger charge is -2.29. The Morgan fingerprint density at radius 3 is 1.98 bits per heavy atom. The normalized spacial score (nSPS) is 11.7. The Bertz CT molecular complexity index is 2820. The van der Waals surface area contributed by atoms with E-state index in [2.05, 4.69) is 175 Å². The average molecular weight is 644 g/mol. The van der Waals surface area contributed by atoms with E-state index in [1.807, 2.05) is 17.4 Å². The monoisotopic (exact) mass is 643 g/mol. The van der Waals surface area contributed by atoms with Gasteiger partial charge >= 0.3 is 0 Å². The zero-order chi connectivity index (χ0) is 32.3. The van der Waals surface area contributed by atoms with E-state index < -0.39 is 0 Å². The molecule has 0 spiro atoms.